The summed E-state index contributed by atoms with van der Waals surface area (Å²) in [5, 5.41) is 8.27. The van der Waals surface area contributed by atoms with Crippen LogP contribution in [-0.4, -0.2) is 36.6 Å². The number of rotatable bonds is 11. The third-order valence-electron chi connectivity index (χ3n) is 4.20. The van der Waals surface area contributed by atoms with Crippen molar-refractivity contribution in [3.05, 3.63) is 18.0 Å². The second kappa shape index (κ2) is 9.21. The summed E-state index contributed by atoms with van der Waals surface area (Å²) >= 11 is 0. The molecule has 4 heteroatoms. The zero-order valence-electron chi connectivity index (χ0n) is 14.5. The highest BCUT2D eigenvalue weighted by atomic mass is 16.5. The Balaban J connectivity index is 2.61. The quantitative estimate of drug-likeness (QED) is 0.636. The van der Waals surface area contributed by atoms with Crippen molar-refractivity contribution < 1.29 is 4.74 Å². The minimum atomic E-state index is 0.261. The SMILES string of the molecule is CCCC(C)(CNCCOC)Cc1ccn(C(C)CC)n1. The Morgan fingerprint density at radius 3 is 2.81 bits per heavy atom. The Bertz CT molecular complexity index is 391. The van der Waals surface area contributed by atoms with Crippen molar-refractivity contribution in [2.24, 2.45) is 5.41 Å². The van der Waals surface area contributed by atoms with E-state index < -0.39 is 0 Å². The molecule has 1 aromatic rings. The second-order valence-electron chi connectivity index (χ2n) is 6.45. The van der Waals surface area contributed by atoms with Gasteiger partial charge in [-0.15, -0.1) is 0 Å². The largest absolute Gasteiger partial charge is 0.383 e. The van der Waals surface area contributed by atoms with Gasteiger partial charge in [0.25, 0.3) is 0 Å². The molecule has 0 saturated heterocycles. The lowest BCUT2D eigenvalue weighted by Crippen LogP contribution is -2.35. The van der Waals surface area contributed by atoms with Gasteiger partial charge in [0.05, 0.1) is 12.3 Å². The number of ether oxygens (including phenoxy) is 1. The third kappa shape index (κ3) is 6.18. The monoisotopic (exact) mass is 295 g/mol. The van der Waals surface area contributed by atoms with Gasteiger partial charge in [0.15, 0.2) is 0 Å². The summed E-state index contributed by atoms with van der Waals surface area (Å²) in [6.07, 6.45) is 6.68. The molecule has 0 aliphatic carbocycles. The summed E-state index contributed by atoms with van der Waals surface area (Å²) in [5.74, 6) is 0. The highest BCUT2D eigenvalue weighted by Gasteiger charge is 2.24. The van der Waals surface area contributed by atoms with Crippen molar-refractivity contribution in [3.63, 3.8) is 0 Å². The van der Waals surface area contributed by atoms with Gasteiger partial charge in [-0.05, 0) is 37.7 Å². The van der Waals surface area contributed by atoms with E-state index in [1.807, 2.05) is 0 Å². The number of nitrogens with zero attached hydrogens (tertiary/aromatic N) is 2. The van der Waals surface area contributed by atoms with Gasteiger partial charge in [0.1, 0.15) is 0 Å². The first-order chi connectivity index (χ1) is 10.0. The lowest BCUT2D eigenvalue weighted by Gasteiger charge is -2.29. The molecule has 4 nitrogen and oxygen atoms in total. The molecule has 0 aromatic carbocycles. The van der Waals surface area contributed by atoms with E-state index in [0.717, 1.165) is 32.5 Å². The number of hydrogen-bond acceptors (Lipinski definition) is 3. The summed E-state index contributed by atoms with van der Waals surface area (Å²) < 4.78 is 7.20. The van der Waals surface area contributed by atoms with E-state index in [1.165, 1.54) is 18.5 Å². The van der Waals surface area contributed by atoms with E-state index in [1.54, 1.807) is 7.11 Å². The molecule has 0 aliphatic rings. The van der Waals surface area contributed by atoms with Crippen LogP contribution < -0.4 is 5.32 Å². The number of aromatic nitrogens is 2. The predicted octanol–water partition coefficient (Wildman–Crippen LogP) is 3.44. The highest BCUT2D eigenvalue weighted by Crippen LogP contribution is 2.27. The molecule has 0 spiro atoms. The van der Waals surface area contributed by atoms with E-state index >= 15 is 0 Å². The molecule has 122 valence electrons. The molecule has 0 aliphatic heterocycles. The lowest BCUT2D eigenvalue weighted by atomic mass is 9.81. The first-order valence-corrected chi connectivity index (χ1v) is 8.28. The first kappa shape index (κ1) is 18.2. The fraction of sp³-hybridized carbons (Fsp3) is 0.824. The smallest absolute Gasteiger partial charge is 0.0630 e. The van der Waals surface area contributed by atoms with Crippen LogP contribution in [0, 0.1) is 5.41 Å². The summed E-state index contributed by atoms with van der Waals surface area (Å²) in [7, 11) is 1.74. The minimum Gasteiger partial charge on any atom is -0.383 e. The van der Waals surface area contributed by atoms with Crippen molar-refractivity contribution in [1.82, 2.24) is 15.1 Å². The van der Waals surface area contributed by atoms with Gasteiger partial charge in [-0.3, -0.25) is 4.68 Å². The zero-order chi connectivity index (χ0) is 15.7. The average molecular weight is 295 g/mol. The van der Waals surface area contributed by atoms with E-state index in [2.05, 4.69) is 50.0 Å². The molecular weight excluding hydrogens is 262 g/mol. The van der Waals surface area contributed by atoms with Crippen LogP contribution >= 0.6 is 0 Å². The molecule has 1 aromatic heterocycles. The van der Waals surface area contributed by atoms with Gasteiger partial charge in [0.2, 0.25) is 0 Å². The predicted molar refractivity (Wildman–Crippen MR) is 88.7 cm³/mol. The first-order valence-electron chi connectivity index (χ1n) is 8.28. The van der Waals surface area contributed by atoms with Crippen molar-refractivity contribution in [2.75, 3.05) is 26.8 Å². The Labute approximate surface area is 130 Å². The standard InChI is InChI=1S/C17H33N3O/c1-6-9-17(4,14-18-10-12-21-5)13-16-8-11-20(19-16)15(3)7-2/h8,11,15,18H,6-7,9-10,12-14H2,1-5H3. The molecule has 0 amide bonds. The summed E-state index contributed by atoms with van der Waals surface area (Å²) in [5.41, 5.74) is 1.47. The number of nitrogens with one attached hydrogen (secondary N) is 1. The van der Waals surface area contributed by atoms with Crippen LogP contribution in [0.3, 0.4) is 0 Å². The normalized spacial score (nSPS) is 15.9. The van der Waals surface area contributed by atoms with Gasteiger partial charge >= 0.3 is 0 Å². The van der Waals surface area contributed by atoms with Crippen LogP contribution in [0.4, 0.5) is 0 Å². The van der Waals surface area contributed by atoms with Crippen LogP contribution in [0.2, 0.25) is 0 Å². The Morgan fingerprint density at radius 2 is 2.19 bits per heavy atom. The molecule has 0 bridgehead atoms. The Kier molecular flexibility index (Phi) is 7.97. The molecule has 0 radical (unpaired) electrons. The van der Waals surface area contributed by atoms with Crippen molar-refractivity contribution in [3.8, 4) is 0 Å². The van der Waals surface area contributed by atoms with Crippen LogP contribution in [0.25, 0.3) is 0 Å². The maximum absolute atomic E-state index is 5.10. The summed E-state index contributed by atoms with van der Waals surface area (Å²) in [6, 6.07) is 2.66. The van der Waals surface area contributed by atoms with Crippen LogP contribution in [0.1, 0.15) is 58.7 Å². The van der Waals surface area contributed by atoms with Gasteiger partial charge < -0.3 is 10.1 Å². The van der Waals surface area contributed by atoms with E-state index in [0.29, 0.717) is 6.04 Å². The molecule has 0 fully saturated rings. The topological polar surface area (TPSA) is 39.1 Å². The van der Waals surface area contributed by atoms with Gasteiger partial charge in [-0.1, -0.05) is 27.2 Å². The molecule has 0 saturated carbocycles. The molecular formula is C17H33N3O. The molecule has 21 heavy (non-hydrogen) atoms. The van der Waals surface area contributed by atoms with E-state index in [4.69, 9.17) is 9.84 Å². The molecule has 2 atom stereocenters. The van der Waals surface area contributed by atoms with Crippen LogP contribution in [-0.2, 0) is 11.2 Å². The molecule has 2 unspecified atom stereocenters. The van der Waals surface area contributed by atoms with Crippen molar-refractivity contribution in [2.45, 2.75) is 59.4 Å². The van der Waals surface area contributed by atoms with Crippen LogP contribution in [0.15, 0.2) is 12.3 Å². The van der Waals surface area contributed by atoms with Gasteiger partial charge in [-0.25, -0.2) is 0 Å². The Hall–Kier alpha value is -0.870. The maximum atomic E-state index is 5.10. The van der Waals surface area contributed by atoms with Crippen molar-refractivity contribution >= 4 is 0 Å². The summed E-state index contributed by atoms with van der Waals surface area (Å²) in [6.45, 7) is 11.7. The molecule has 1 heterocycles. The van der Waals surface area contributed by atoms with Gasteiger partial charge in [-0.2, -0.15) is 5.10 Å². The number of hydrogen-bond donors (Lipinski definition) is 1. The molecule has 1 rings (SSSR count). The Morgan fingerprint density at radius 1 is 1.43 bits per heavy atom. The van der Waals surface area contributed by atoms with E-state index in [-0.39, 0.29) is 5.41 Å². The fourth-order valence-electron chi connectivity index (χ4n) is 2.75. The number of methoxy groups -OCH3 is 1. The second-order valence-corrected chi connectivity index (χ2v) is 6.45. The molecule has 1 N–H and O–H groups in total. The van der Waals surface area contributed by atoms with Crippen LogP contribution in [0.5, 0.6) is 0 Å². The van der Waals surface area contributed by atoms with Gasteiger partial charge in [0, 0.05) is 32.4 Å². The third-order valence-corrected chi connectivity index (χ3v) is 4.20. The van der Waals surface area contributed by atoms with E-state index in [9.17, 15) is 0 Å². The summed E-state index contributed by atoms with van der Waals surface area (Å²) in [4.78, 5) is 0. The lowest BCUT2D eigenvalue weighted by molar-refractivity contribution is 0.189. The van der Waals surface area contributed by atoms with Crippen molar-refractivity contribution in [1.29, 1.82) is 0 Å². The fourth-order valence-corrected chi connectivity index (χ4v) is 2.75. The maximum Gasteiger partial charge on any atom is 0.0630 e. The highest BCUT2D eigenvalue weighted by molar-refractivity contribution is 5.03. The minimum absolute atomic E-state index is 0.261. The average Bonchev–Trinajstić information content (AvgIpc) is 2.91. The zero-order valence-corrected chi connectivity index (χ0v) is 14.5.